The maximum atomic E-state index is 12.0. The Kier molecular flexibility index (Phi) is 6.52. The molecule has 0 spiro atoms. The van der Waals surface area contributed by atoms with Crippen molar-refractivity contribution < 1.29 is 22.7 Å². The highest BCUT2D eigenvalue weighted by molar-refractivity contribution is 5.75. The van der Waals surface area contributed by atoms with Crippen molar-refractivity contribution in [1.82, 2.24) is 4.90 Å². The number of aryl methyl sites for hydroxylation is 1. The zero-order valence-electron chi connectivity index (χ0n) is 12.2. The lowest BCUT2D eigenvalue weighted by Crippen LogP contribution is -2.30. The highest BCUT2D eigenvalue weighted by Crippen LogP contribution is 2.19. The number of hydrogen-bond donors (Lipinski definition) is 0. The number of ether oxygens (including phenoxy) is 1. The Morgan fingerprint density at radius 1 is 1.33 bits per heavy atom. The Bertz CT molecular complexity index is 460. The molecule has 1 amide bonds. The topological polar surface area (TPSA) is 29.5 Å². The Morgan fingerprint density at radius 3 is 2.67 bits per heavy atom. The van der Waals surface area contributed by atoms with Gasteiger partial charge < -0.3 is 9.64 Å². The molecule has 0 heterocycles. The van der Waals surface area contributed by atoms with Crippen LogP contribution >= 0.6 is 0 Å². The smallest absolute Gasteiger partial charge is 0.390 e. The first-order valence-electron chi connectivity index (χ1n) is 6.78. The normalized spacial score (nSPS) is 11.3. The van der Waals surface area contributed by atoms with Gasteiger partial charge in [-0.1, -0.05) is 12.1 Å². The van der Waals surface area contributed by atoms with Crippen LogP contribution in [0.15, 0.2) is 24.3 Å². The molecule has 3 nitrogen and oxygen atoms in total. The molecule has 6 heteroatoms. The quantitative estimate of drug-likeness (QED) is 0.721. The Balaban J connectivity index is 2.21. The fourth-order valence-corrected chi connectivity index (χ4v) is 1.73. The summed E-state index contributed by atoms with van der Waals surface area (Å²) < 4.78 is 41.6. The van der Waals surface area contributed by atoms with Crippen LogP contribution in [0.5, 0.6) is 5.75 Å². The van der Waals surface area contributed by atoms with Crippen molar-refractivity contribution in [2.75, 3.05) is 20.2 Å². The van der Waals surface area contributed by atoms with Crippen LogP contribution in [0, 0.1) is 6.92 Å². The molecule has 0 aliphatic rings. The Labute approximate surface area is 122 Å². The second-order valence-corrected chi connectivity index (χ2v) is 4.95. The summed E-state index contributed by atoms with van der Waals surface area (Å²) in [5.41, 5.74) is 1.08. The molecule has 0 fully saturated rings. The Hall–Kier alpha value is -1.72. The maximum Gasteiger partial charge on any atom is 0.390 e. The Morgan fingerprint density at radius 2 is 2.05 bits per heavy atom. The van der Waals surface area contributed by atoms with Gasteiger partial charge in [0.05, 0.1) is 13.0 Å². The van der Waals surface area contributed by atoms with E-state index in [1.807, 2.05) is 31.2 Å². The van der Waals surface area contributed by atoms with Gasteiger partial charge in [-0.25, -0.2) is 0 Å². The fraction of sp³-hybridized carbons (Fsp3) is 0.533. The number of carbonyl (C=O) groups excluding carboxylic acids is 1. The predicted molar refractivity (Wildman–Crippen MR) is 74.2 cm³/mol. The van der Waals surface area contributed by atoms with Crippen LogP contribution < -0.4 is 4.74 Å². The van der Waals surface area contributed by atoms with Gasteiger partial charge in [-0.2, -0.15) is 13.2 Å². The van der Waals surface area contributed by atoms with Crippen LogP contribution in [0.1, 0.15) is 24.8 Å². The van der Waals surface area contributed by atoms with Gasteiger partial charge in [-0.05, 0) is 31.0 Å². The van der Waals surface area contributed by atoms with Crippen LogP contribution in [0.2, 0.25) is 0 Å². The van der Waals surface area contributed by atoms with Gasteiger partial charge in [-0.15, -0.1) is 0 Å². The van der Waals surface area contributed by atoms with Crippen molar-refractivity contribution in [3.05, 3.63) is 29.8 Å². The summed E-state index contributed by atoms with van der Waals surface area (Å²) in [6.07, 6.45) is -4.55. The molecule has 21 heavy (non-hydrogen) atoms. The molecule has 0 atom stereocenters. The lowest BCUT2D eigenvalue weighted by atomic mass is 10.2. The summed E-state index contributed by atoms with van der Waals surface area (Å²) in [5.74, 6) is 0.431. The molecule has 1 aromatic carbocycles. The monoisotopic (exact) mass is 303 g/mol. The first kappa shape index (κ1) is 17.3. The van der Waals surface area contributed by atoms with Crippen molar-refractivity contribution >= 4 is 5.91 Å². The van der Waals surface area contributed by atoms with Gasteiger partial charge in [0.1, 0.15) is 5.75 Å². The number of halogens is 3. The molecule has 0 aliphatic carbocycles. The highest BCUT2D eigenvalue weighted by atomic mass is 19.4. The molecule has 0 N–H and O–H groups in total. The number of nitrogens with zero attached hydrogens (tertiary/aromatic N) is 1. The molecule has 0 aliphatic heterocycles. The van der Waals surface area contributed by atoms with Crippen molar-refractivity contribution in [2.45, 2.75) is 32.4 Å². The number of hydrogen-bond acceptors (Lipinski definition) is 2. The van der Waals surface area contributed by atoms with E-state index in [1.165, 1.54) is 7.05 Å². The summed E-state index contributed by atoms with van der Waals surface area (Å²) in [7, 11) is 1.38. The molecule has 1 rings (SSSR count). The molecule has 0 aromatic heterocycles. The minimum absolute atomic E-state index is 0.181. The first-order valence-corrected chi connectivity index (χ1v) is 6.78. The van der Waals surface area contributed by atoms with E-state index in [2.05, 4.69) is 0 Å². The minimum Gasteiger partial charge on any atom is -0.494 e. The molecular formula is C15H20F3NO2. The largest absolute Gasteiger partial charge is 0.494 e. The summed E-state index contributed by atoms with van der Waals surface area (Å²) in [4.78, 5) is 12.7. The average molecular weight is 303 g/mol. The van der Waals surface area contributed by atoms with E-state index in [4.69, 9.17) is 4.74 Å². The van der Waals surface area contributed by atoms with Gasteiger partial charge >= 0.3 is 6.18 Å². The van der Waals surface area contributed by atoms with Crippen LogP contribution in [0.4, 0.5) is 13.2 Å². The van der Waals surface area contributed by atoms with E-state index < -0.39 is 12.6 Å². The number of rotatable bonds is 7. The van der Waals surface area contributed by atoms with E-state index in [9.17, 15) is 18.0 Å². The predicted octanol–water partition coefficient (Wildman–Crippen LogP) is 3.56. The van der Waals surface area contributed by atoms with Gasteiger partial charge in [0.25, 0.3) is 0 Å². The summed E-state index contributed by atoms with van der Waals surface area (Å²) >= 11 is 0. The molecule has 0 bridgehead atoms. The third kappa shape index (κ3) is 7.58. The van der Waals surface area contributed by atoms with Crippen LogP contribution in [-0.4, -0.2) is 37.2 Å². The second-order valence-electron chi connectivity index (χ2n) is 4.95. The number of carbonyl (C=O) groups is 1. The lowest BCUT2D eigenvalue weighted by molar-refractivity contribution is -0.144. The van der Waals surface area contributed by atoms with Crippen LogP contribution in [-0.2, 0) is 4.79 Å². The third-order valence-electron chi connectivity index (χ3n) is 2.95. The molecule has 0 unspecified atom stereocenters. The van der Waals surface area contributed by atoms with Crippen molar-refractivity contribution in [3.63, 3.8) is 0 Å². The molecule has 118 valence electrons. The van der Waals surface area contributed by atoms with Gasteiger partial charge in [0.15, 0.2) is 0 Å². The fourth-order valence-electron chi connectivity index (χ4n) is 1.73. The molecule has 0 radical (unpaired) electrons. The molecule has 1 aromatic rings. The first-order chi connectivity index (χ1) is 9.78. The second kappa shape index (κ2) is 7.90. The van der Waals surface area contributed by atoms with Gasteiger partial charge in [0, 0.05) is 20.0 Å². The SMILES string of the molecule is Cc1cccc(OCCCC(=O)N(C)CCC(F)(F)F)c1. The highest BCUT2D eigenvalue weighted by Gasteiger charge is 2.27. The van der Waals surface area contributed by atoms with Crippen LogP contribution in [0.3, 0.4) is 0 Å². The minimum atomic E-state index is -4.23. The molecule has 0 saturated heterocycles. The van der Waals surface area contributed by atoms with Crippen molar-refractivity contribution in [3.8, 4) is 5.75 Å². The zero-order valence-corrected chi connectivity index (χ0v) is 12.2. The standard InChI is InChI=1S/C15H20F3NO2/c1-12-5-3-6-13(11-12)21-10-4-7-14(20)19(2)9-8-15(16,17)18/h3,5-6,11H,4,7-10H2,1-2H3. The molecular weight excluding hydrogens is 283 g/mol. The third-order valence-corrected chi connectivity index (χ3v) is 2.95. The summed E-state index contributed by atoms with van der Waals surface area (Å²) in [6, 6.07) is 7.54. The number of alkyl halides is 3. The maximum absolute atomic E-state index is 12.0. The van der Waals surface area contributed by atoms with Crippen molar-refractivity contribution in [1.29, 1.82) is 0 Å². The average Bonchev–Trinajstić information content (AvgIpc) is 2.40. The van der Waals surface area contributed by atoms with E-state index in [-0.39, 0.29) is 18.9 Å². The summed E-state index contributed by atoms with van der Waals surface area (Å²) in [5, 5.41) is 0. The van der Waals surface area contributed by atoms with E-state index in [0.717, 1.165) is 16.2 Å². The van der Waals surface area contributed by atoms with Gasteiger partial charge in [-0.3, -0.25) is 4.79 Å². The van der Waals surface area contributed by atoms with E-state index in [1.54, 1.807) is 0 Å². The number of benzene rings is 1. The van der Waals surface area contributed by atoms with Gasteiger partial charge in [0.2, 0.25) is 5.91 Å². The zero-order chi connectivity index (χ0) is 15.9. The lowest BCUT2D eigenvalue weighted by Gasteiger charge is -2.18. The summed E-state index contributed by atoms with van der Waals surface area (Å²) in [6.45, 7) is 2.01. The number of amides is 1. The van der Waals surface area contributed by atoms with E-state index >= 15 is 0 Å². The van der Waals surface area contributed by atoms with E-state index in [0.29, 0.717) is 13.0 Å². The van der Waals surface area contributed by atoms with Crippen molar-refractivity contribution in [2.24, 2.45) is 0 Å². The van der Waals surface area contributed by atoms with Crippen LogP contribution in [0.25, 0.3) is 0 Å². The molecule has 0 saturated carbocycles.